The van der Waals surface area contributed by atoms with Gasteiger partial charge in [-0.1, -0.05) is 29.0 Å². The lowest BCUT2D eigenvalue weighted by atomic mass is 10.1. The largest absolute Gasteiger partial charge is 0.454 e. The van der Waals surface area contributed by atoms with E-state index in [4.69, 9.17) is 9.47 Å². The van der Waals surface area contributed by atoms with Crippen LogP contribution >= 0.6 is 11.3 Å². The average Bonchev–Trinajstić information content (AvgIpc) is 3.37. The number of nitrogens with zero attached hydrogens (tertiary/aromatic N) is 3. The third-order valence-corrected chi connectivity index (χ3v) is 4.95. The van der Waals surface area contributed by atoms with Crippen LogP contribution in [0.5, 0.6) is 11.5 Å². The minimum absolute atomic E-state index is 0.00342. The normalized spacial score (nSPS) is 12.2. The van der Waals surface area contributed by atoms with Gasteiger partial charge in [-0.05, 0) is 42.8 Å². The Bertz CT molecular complexity index is 1110. The van der Waals surface area contributed by atoms with E-state index in [1.54, 1.807) is 30.3 Å². The van der Waals surface area contributed by atoms with E-state index in [-0.39, 0.29) is 25.0 Å². The van der Waals surface area contributed by atoms with Gasteiger partial charge in [-0.2, -0.15) is 5.10 Å². The lowest BCUT2D eigenvalue weighted by molar-refractivity contribution is -0.120. The highest BCUT2D eigenvalue weighted by atomic mass is 32.1. The molecule has 2 amide bonds. The molecule has 0 saturated carbocycles. The van der Waals surface area contributed by atoms with Crippen LogP contribution in [0.1, 0.15) is 26.5 Å². The molecule has 2 N–H and O–H groups in total. The Morgan fingerprint density at radius 2 is 1.93 bits per heavy atom. The SMILES string of the molecule is Cc1ccc(C(=O)Nc2nnc(CC(=O)N/N=C\c3ccc4c(c3)OCO4)s2)cc1. The summed E-state index contributed by atoms with van der Waals surface area (Å²) in [5.74, 6) is 0.687. The maximum Gasteiger partial charge on any atom is 0.257 e. The Morgan fingerprint density at radius 1 is 1.13 bits per heavy atom. The van der Waals surface area contributed by atoms with Crippen LogP contribution in [0.2, 0.25) is 0 Å². The molecule has 152 valence electrons. The van der Waals surface area contributed by atoms with Gasteiger partial charge in [-0.15, -0.1) is 10.2 Å². The van der Waals surface area contributed by atoms with Crippen LogP contribution in [0, 0.1) is 6.92 Å². The maximum atomic E-state index is 12.2. The molecule has 4 rings (SSSR count). The highest BCUT2D eigenvalue weighted by Gasteiger charge is 2.14. The van der Waals surface area contributed by atoms with Crippen molar-refractivity contribution in [1.29, 1.82) is 0 Å². The van der Waals surface area contributed by atoms with Crippen molar-refractivity contribution in [3.05, 3.63) is 64.2 Å². The molecule has 0 fully saturated rings. The van der Waals surface area contributed by atoms with Gasteiger partial charge in [0.05, 0.1) is 12.6 Å². The summed E-state index contributed by atoms with van der Waals surface area (Å²) in [5.41, 5.74) is 4.79. The number of nitrogens with one attached hydrogen (secondary N) is 2. The number of amides is 2. The molecule has 1 aliphatic heterocycles. The molecule has 0 atom stereocenters. The first-order valence-electron chi connectivity index (χ1n) is 8.99. The van der Waals surface area contributed by atoms with Gasteiger partial charge in [0.25, 0.3) is 5.91 Å². The monoisotopic (exact) mass is 423 g/mol. The molecule has 2 heterocycles. The van der Waals surface area contributed by atoms with Gasteiger partial charge in [0, 0.05) is 5.56 Å². The third-order valence-electron chi connectivity index (χ3n) is 4.11. The number of fused-ring (bicyclic) bond motifs is 1. The smallest absolute Gasteiger partial charge is 0.257 e. The van der Waals surface area contributed by atoms with Crippen molar-refractivity contribution < 1.29 is 19.1 Å². The number of anilines is 1. The summed E-state index contributed by atoms with van der Waals surface area (Å²) in [5, 5.41) is 15.2. The molecular formula is C20H17N5O4S. The van der Waals surface area contributed by atoms with Crippen molar-refractivity contribution in [3.8, 4) is 11.5 Å². The van der Waals surface area contributed by atoms with Crippen LogP contribution in [-0.2, 0) is 11.2 Å². The van der Waals surface area contributed by atoms with Crippen molar-refractivity contribution in [2.75, 3.05) is 12.1 Å². The maximum absolute atomic E-state index is 12.2. The molecule has 30 heavy (non-hydrogen) atoms. The van der Waals surface area contributed by atoms with Crippen LogP contribution < -0.4 is 20.2 Å². The summed E-state index contributed by atoms with van der Waals surface area (Å²) < 4.78 is 10.5. The van der Waals surface area contributed by atoms with Gasteiger partial charge in [0.15, 0.2) is 11.5 Å². The fourth-order valence-electron chi connectivity index (χ4n) is 2.60. The molecule has 1 aromatic heterocycles. The molecule has 2 aromatic carbocycles. The molecule has 0 saturated heterocycles. The molecular weight excluding hydrogens is 406 g/mol. The lowest BCUT2D eigenvalue weighted by Gasteiger charge is -2.01. The number of hydrogen-bond donors (Lipinski definition) is 2. The first kappa shape index (κ1) is 19.5. The molecule has 0 bridgehead atoms. The van der Waals surface area contributed by atoms with Gasteiger partial charge >= 0.3 is 0 Å². The Labute approximate surface area is 175 Å². The van der Waals surface area contributed by atoms with E-state index in [1.165, 1.54) is 6.21 Å². The summed E-state index contributed by atoms with van der Waals surface area (Å²) in [6, 6.07) is 12.5. The zero-order valence-electron chi connectivity index (χ0n) is 15.9. The summed E-state index contributed by atoms with van der Waals surface area (Å²) in [6.45, 7) is 2.14. The van der Waals surface area contributed by atoms with Gasteiger partial charge in [0.2, 0.25) is 17.8 Å². The summed E-state index contributed by atoms with van der Waals surface area (Å²) >= 11 is 1.13. The average molecular weight is 423 g/mol. The predicted octanol–water partition coefficient (Wildman–Crippen LogP) is 2.52. The van der Waals surface area contributed by atoms with Crippen LogP contribution in [0.4, 0.5) is 5.13 Å². The molecule has 0 aliphatic carbocycles. The van der Waals surface area contributed by atoms with E-state index < -0.39 is 0 Å². The highest BCUT2D eigenvalue weighted by molar-refractivity contribution is 7.15. The number of benzene rings is 2. The second kappa shape index (κ2) is 8.70. The number of rotatable bonds is 6. The summed E-state index contributed by atoms with van der Waals surface area (Å²) in [6.07, 6.45) is 1.50. The standard InChI is InChI=1S/C20H17N5O4S/c1-12-2-5-14(6-3-12)19(27)22-20-25-24-18(30-20)9-17(26)23-21-10-13-4-7-15-16(8-13)29-11-28-15/h2-8,10H,9,11H2,1H3,(H,23,26)(H,22,25,27)/b21-10-. The first-order valence-corrected chi connectivity index (χ1v) is 9.80. The van der Waals surface area contributed by atoms with E-state index in [0.29, 0.717) is 27.2 Å². The van der Waals surface area contributed by atoms with Crippen molar-refractivity contribution in [3.63, 3.8) is 0 Å². The van der Waals surface area contributed by atoms with Crippen molar-refractivity contribution in [1.82, 2.24) is 15.6 Å². The number of ether oxygens (including phenoxy) is 2. The number of carbonyl (C=O) groups excluding carboxylic acids is 2. The number of hydrogen-bond acceptors (Lipinski definition) is 8. The Kier molecular flexibility index (Phi) is 5.66. The van der Waals surface area contributed by atoms with Crippen LogP contribution in [0.25, 0.3) is 0 Å². The topological polar surface area (TPSA) is 115 Å². The van der Waals surface area contributed by atoms with Gasteiger partial charge in [-0.25, -0.2) is 5.43 Å². The molecule has 3 aromatic rings. The fourth-order valence-corrected chi connectivity index (χ4v) is 3.33. The zero-order valence-corrected chi connectivity index (χ0v) is 16.7. The minimum Gasteiger partial charge on any atom is -0.454 e. The number of aromatic nitrogens is 2. The van der Waals surface area contributed by atoms with Crippen LogP contribution in [0.3, 0.4) is 0 Å². The number of aryl methyl sites for hydroxylation is 1. The first-order chi connectivity index (χ1) is 14.6. The molecule has 0 spiro atoms. The molecule has 0 unspecified atom stereocenters. The summed E-state index contributed by atoms with van der Waals surface area (Å²) in [7, 11) is 0. The Balaban J connectivity index is 1.28. The van der Waals surface area contributed by atoms with Gasteiger partial charge < -0.3 is 9.47 Å². The van der Waals surface area contributed by atoms with E-state index in [2.05, 4.69) is 26.0 Å². The highest BCUT2D eigenvalue weighted by Crippen LogP contribution is 2.31. The molecule has 10 heteroatoms. The molecule has 0 radical (unpaired) electrons. The number of hydrazone groups is 1. The zero-order chi connectivity index (χ0) is 20.9. The van der Waals surface area contributed by atoms with E-state index in [9.17, 15) is 9.59 Å². The van der Waals surface area contributed by atoms with Crippen LogP contribution in [0.15, 0.2) is 47.6 Å². The Hall–Kier alpha value is -3.79. The minimum atomic E-state index is -0.348. The molecule has 1 aliphatic rings. The van der Waals surface area contributed by atoms with Crippen molar-refractivity contribution in [2.45, 2.75) is 13.3 Å². The summed E-state index contributed by atoms with van der Waals surface area (Å²) in [4.78, 5) is 24.3. The Morgan fingerprint density at radius 3 is 2.77 bits per heavy atom. The molecule has 9 nitrogen and oxygen atoms in total. The second-order valence-corrected chi connectivity index (χ2v) is 7.47. The van der Waals surface area contributed by atoms with Crippen molar-refractivity contribution in [2.24, 2.45) is 5.10 Å². The van der Waals surface area contributed by atoms with E-state index in [0.717, 1.165) is 22.5 Å². The van der Waals surface area contributed by atoms with Gasteiger partial charge in [-0.3, -0.25) is 14.9 Å². The third kappa shape index (κ3) is 4.78. The number of carbonyl (C=O) groups is 2. The van der Waals surface area contributed by atoms with E-state index >= 15 is 0 Å². The fraction of sp³-hybridized carbons (Fsp3) is 0.150. The predicted molar refractivity (Wildman–Crippen MR) is 111 cm³/mol. The van der Waals surface area contributed by atoms with Crippen LogP contribution in [-0.4, -0.2) is 35.0 Å². The van der Waals surface area contributed by atoms with Crippen molar-refractivity contribution >= 4 is 34.5 Å². The quantitative estimate of drug-likeness (QED) is 0.465. The second-order valence-electron chi connectivity index (χ2n) is 6.40. The lowest BCUT2D eigenvalue weighted by Crippen LogP contribution is -2.19. The van der Waals surface area contributed by atoms with E-state index in [1.807, 2.05) is 19.1 Å². The van der Waals surface area contributed by atoms with Gasteiger partial charge in [0.1, 0.15) is 5.01 Å².